The van der Waals surface area contributed by atoms with Crippen LogP contribution in [0.15, 0.2) is 48.7 Å². The van der Waals surface area contributed by atoms with Crippen molar-refractivity contribution in [1.82, 2.24) is 15.2 Å². The minimum absolute atomic E-state index is 0.0224. The molecule has 0 saturated carbocycles. The maximum atomic E-state index is 11.3. The second-order valence-corrected chi connectivity index (χ2v) is 5.96. The Labute approximate surface area is 155 Å². The summed E-state index contributed by atoms with van der Waals surface area (Å²) in [5.41, 5.74) is 2.46. The molecule has 1 aromatic heterocycles. The SMILES string of the molecule is CC(=O)c1ccc(Nc2nncc(NCc3ccc4c(c3)OCO4)n2)cc1. The van der Waals surface area contributed by atoms with Crippen LogP contribution in [0.3, 0.4) is 0 Å². The first-order chi connectivity index (χ1) is 13.2. The quantitative estimate of drug-likeness (QED) is 0.645. The van der Waals surface area contributed by atoms with Gasteiger partial charge in [-0.05, 0) is 48.9 Å². The number of fused-ring (bicyclic) bond motifs is 1. The third-order valence-electron chi connectivity index (χ3n) is 4.02. The van der Waals surface area contributed by atoms with Gasteiger partial charge in [0, 0.05) is 17.8 Å². The van der Waals surface area contributed by atoms with Gasteiger partial charge in [0.05, 0.1) is 6.20 Å². The Bertz CT molecular complexity index is 975. The molecule has 2 N–H and O–H groups in total. The van der Waals surface area contributed by atoms with Gasteiger partial charge in [0.2, 0.25) is 12.7 Å². The predicted octanol–water partition coefficient (Wildman–Crippen LogP) is 3.16. The molecule has 2 aromatic carbocycles. The van der Waals surface area contributed by atoms with Gasteiger partial charge in [-0.2, -0.15) is 10.1 Å². The van der Waals surface area contributed by atoms with E-state index >= 15 is 0 Å². The largest absolute Gasteiger partial charge is 0.454 e. The number of hydrogen-bond donors (Lipinski definition) is 2. The van der Waals surface area contributed by atoms with Gasteiger partial charge in [0.25, 0.3) is 0 Å². The number of Topliss-reactive ketones (excluding diaryl/α,β-unsaturated/α-hetero) is 1. The molecular weight excluding hydrogens is 346 g/mol. The van der Waals surface area contributed by atoms with Gasteiger partial charge in [-0.15, -0.1) is 5.10 Å². The fourth-order valence-electron chi connectivity index (χ4n) is 2.60. The maximum absolute atomic E-state index is 11.3. The highest BCUT2D eigenvalue weighted by Crippen LogP contribution is 2.32. The van der Waals surface area contributed by atoms with Crippen molar-refractivity contribution in [3.63, 3.8) is 0 Å². The van der Waals surface area contributed by atoms with Crippen molar-refractivity contribution in [2.24, 2.45) is 0 Å². The van der Waals surface area contributed by atoms with Crippen molar-refractivity contribution in [3.8, 4) is 11.5 Å². The standard InChI is InChI=1S/C19H17N5O3/c1-12(25)14-3-5-15(6-4-14)22-19-23-18(10-21-24-19)20-9-13-2-7-16-17(8-13)27-11-26-16/h2-8,10H,9,11H2,1H3,(H2,20,22,23,24). The Kier molecular flexibility index (Phi) is 4.52. The van der Waals surface area contributed by atoms with E-state index in [9.17, 15) is 4.79 Å². The second kappa shape index (κ2) is 7.28. The maximum Gasteiger partial charge on any atom is 0.249 e. The molecule has 0 amide bonds. The zero-order chi connectivity index (χ0) is 18.6. The number of hydrogen-bond acceptors (Lipinski definition) is 8. The van der Waals surface area contributed by atoms with E-state index in [4.69, 9.17) is 9.47 Å². The van der Waals surface area contributed by atoms with E-state index in [-0.39, 0.29) is 12.6 Å². The smallest absolute Gasteiger partial charge is 0.249 e. The highest BCUT2D eigenvalue weighted by molar-refractivity contribution is 5.94. The lowest BCUT2D eigenvalue weighted by atomic mass is 10.1. The zero-order valence-electron chi connectivity index (χ0n) is 14.6. The Morgan fingerprint density at radius 1 is 1.11 bits per heavy atom. The van der Waals surface area contributed by atoms with Gasteiger partial charge in [0.15, 0.2) is 23.1 Å². The Hall–Kier alpha value is -3.68. The fourth-order valence-corrected chi connectivity index (χ4v) is 2.60. The van der Waals surface area contributed by atoms with Crippen molar-refractivity contribution in [3.05, 3.63) is 59.8 Å². The number of carbonyl (C=O) groups excluding carboxylic acids is 1. The summed E-state index contributed by atoms with van der Waals surface area (Å²) in [7, 11) is 0. The number of nitrogens with zero attached hydrogens (tertiary/aromatic N) is 3. The molecule has 8 heteroatoms. The summed E-state index contributed by atoms with van der Waals surface area (Å²) in [5, 5.41) is 14.2. The Morgan fingerprint density at radius 3 is 2.74 bits per heavy atom. The van der Waals surface area contributed by atoms with E-state index in [0.717, 1.165) is 22.7 Å². The molecule has 0 spiro atoms. The fraction of sp³-hybridized carbons (Fsp3) is 0.158. The summed E-state index contributed by atoms with van der Waals surface area (Å²) in [6.07, 6.45) is 1.55. The van der Waals surface area contributed by atoms with Gasteiger partial charge in [0.1, 0.15) is 0 Å². The highest BCUT2D eigenvalue weighted by Gasteiger charge is 2.13. The molecule has 4 rings (SSSR count). The third-order valence-corrected chi connectivity index (χ3v) is 4.02. The number of nitrogens with one attached hydrogen (secondary N) is 2. The number of anilines is 3. The topological polar surface area (TPSA) is 98.3 Å². The molecule has 0 atom stereocenters. The van der Waals surface area contributed by atoms with Crippen molar-refractivity contribution in [1.29, 1.82) is 0 Å². The average molecular weight is 363 g/mol. The first kappa shape index (κ1) is 16.8. The number of ether oxygens (including phenoxy) is 2. The molecule has 0 unspecified atom stereocenters. The first-order valence-corrected chi connectivity index (χ1v) is 8.37. The summed E-state index contributed by atoms with van der Waals surface area (Å²) in [6, 6.07) is 12.9. The van der Waals surface area contributed by atoms with E-state index in [0.29, 0.717) is 23.9 Å². The molecule has 0 bridgehead atoms. The Morgan fingerprint density at radius 2 is 1.93 bits per heavy atom. The van der Waals surface area contributed by atoms with Crippen molar-refractivity contribution >= 4 is 23.2 Å². The molecule has 0 saturated heterocycles. The van der Waals surface area contributed by atoms with Crippen LogP contribution in [-0.4, -0.2) is 27.8 Å². The lowest BCUT2D eigenvalue weighted by Crippen LogP contribution is -2.05. The molecule has 136 valence electrons. The molecule has 0 aliphatic carbocycles. The predicted molar refractivity (Wildman–Crippen MR) is 99.4 cm³/mol. The summed E-state index contributed by atoms with van der Waals surface area (Å²) in [6.45, 7) is 2.34. The number of ketones is 1. The normalized spacial score (nSPS) is 11.9. The van der Waals surface area contributed by atoms with Crippen LogP contribution in [0.2, 0.25) is 0 Å². The van der Waals surface area contributed by atoms with Crippen molar-refractivity contribution in [2.45, 2.75) is 13.5 Å². The Balaban J connectivity index is 1.40. The molecule has 0 fully saturated rings. The van der Waals surface area contributed by atoms with Crippen LogP contribution in [0.5, 0.6) is 11.5 Å². The van der Waals surface area contributed by atoms with Gasteiger partial charge >= 0.3 is 0 Å². The van der Waals surface area contributed by atoms with E-state index in [1.807, 2.05) is 18.2 Å². The number of rotatable bonds is 6. The molecule has 2 heterocycles. The van der Waals surface area contributed by atoms with Gasteiger partial charge < -0.3 is 20.1 Å². The van der Waals surface area contributed by atoms with E-state index in [1.54, 1.807) is 30.5 Å². The summed E-state index contributed by atoms with van der Waals surface area (Å²) >= 11 is 0. The van der Waals surface area contributed by atoms with E-state index in [2.05, 4.69) is 25.8 Å². The first-order valence-electron chi connectivity index (χ1n) is 8.37. The molecule has 0 radical (unpaired) electrons. The van der Waals surface area contributed by atoms with Crippen LogP contribution in [0.25, 0.3) is 0 Å². The van der Waals surface area contributed by atoms with Crippen molar-refractivity contribution in [2.75, 3.05) is 17.4 Å². The summed E-state index contributed by atoms with van der Waals surface area (Å²) < 4.78 is 10.7. The number of aromatic nitrogens is 3. The summed E-state index contributed by atoms with van der Waals surface area (Å²) in [4.78, 5) is 15.7. The lowest BCUT2D eigenvalue weighted by Gasteiger charge is -2.08. The van der Waals surface area contributed by atoms with Crippen LogP contribution < -0.4 is 20.1 Å². The van der Waals surface area contributed by atoms with Crippen LogP contribution in [-0.2, 0) is 6.54 Å². The summed E-state index contributed by atoms with van der Waals surface area (Å²) in [5.74, 6) is 2.47. The molecule has 8 nitrogen and oxygen atoms in total. The molecular formula is C19H17N5O3. The number of carbonyl (C=O) groups is 1. The molecule has 1 aliphatic rings. The van der Waals surface area contributed by atoms with Crippen LogP contribution in [0.4, 0.5) is 17.5 Å². The second-order valence-electron chi connectivity index (χ2n) is 5.96. The minimum atomic E-state index is 0.0224. The molecule has 3 aromatic rings. The van der Waals surface area contributed by atoms with Crippen molar-refractivity contribution < 1.29 is 14.3 Å². The average Bonchev–Trinajstić information content (AvgIpc) is 3.15. The highest BCUT2D eigenvalue weighted by atomic mass is 16.7. The molecule has 27 heavy (non-hydrogen) atoms. The van der Waals surface area contributed by atoms with Crippen LogP contribution in [0, 0.1) is 0 Å². The van der Waals surface area contributed by atoms with E-state index in [1.165, 1.54) is 6.92 Å². The van der Waals surface area contributed by atoms with Crippen LogP contribution in [0.1, 0.15) is 22.8 Å². The van der Waals surface area contributed by atoms with Gasteiger partial charge in [-0.25, -0.2) is 0 Å². The third kappa shape index (κ3) is 3.95. The van der Waals surface area contributed by atoms with Crippen LogP contribution >= 0.6 is 0 Å². The minimum Gasteiger partial charge on any atom is -0.454 e. The van der Waals surface area contributed by atoms with Gasteiger partial charge in [-0.3, -0.25) is 4.79 Å². The zero-order valence-corrected chi connectivity index (χ0v) is 14.6. The van der Waals surface area contributed by atoms with Gasteiger partial charge in [-0.1, -0.05) is 6.07 Å². The molecule has 1 aliphatic heterocycles. The number of benzene rings is 2. The monoisotopic (exact) mass is 363 g/mol. The lowest BCUT2D eigenvalue weighted by molar-refractivity contribution is 0.101. The van der Waals surface area contributed by atoms with E-state index < -0.39 is 0 Å².